The van der Waals surface area contributed by atoms with Crippen LogP contribution < -0.4 is 27.4 Å². The van der Waals surface area contributed by atoms with E-state index < -0.39 is 66.7 Å². The minimum atomic E-state index is -1.48. The second kappa shape index (κ2) is 14.2. The van der Waals surface area contributed by atoms with Crippen LogP contribution in [0.2, 0.25) is 0 Å². The molecule has 0 aromatic carbocycles. The minimum Gasteiger partial charge on any atom is -0.481 e. The third kappa shape index (κ3) is 11.9. The summed E-state index contributed by atoms with van der Waals surface area (Å²) in [5.74, 6) is -5.48. The summed E-state index contributed by atoms with van der Waals surface area (Å²) >= 11 is 1.46. The van der Waals surface area contributed by atoms with Gasteiger partial charge in [-0.15, -0.1) is 0 Å². The molecule has 30 heavy (non-hydrogen) atoms. The van der Waals surface area contributed by atoms with E-state index in [2.05, 4.69) is 16.0 Å². The van der Waals surface area contributed by atoms with Gasteiger partial charge >= 0.3 is 11.9 Å². The summed E-state index contributed by atoms with van der Waals surface area (Å²) in [6.07, 6.45) is 0.881. The lowest BCUT2D eigenvalue weighted by Crippen LogP contribution is -2.54. The van der Waals surface area contributed by atoms with Gasteiger partial charge in [-0.3, -0.25) is 24.0 Å². The second-order valence-corrected chi connectivity index (χ2v) is 7.21. The number of carboxylic acids is 2. The molecule has 9 N–H and O–H groups in total. The van der Waals surface area contributed by atoms with Crippen LogP contribution in [0.15, 0.2) is 0 Å². The average molecular weight is 449 g/mol. The summed E-state index contributed by atoms with van der Waals surface area (Å²) < 4.78 is 0. The van der Waals surface area contributed by atoms with E-state index in [1.165, 1.54) is 11.8 Å². The van der Waals surface area contributed by atoms with E-state index in [1.54, 1.807) is 0 Å². The third-order valence-corrected chi connectivity index (χ3v) is 4.36. The summed E-state index contributed by atoms with van der Waals surface area (Å²) in [5.41, 5.74) is 10.6. The number of rotatable bonds is 15. The molecule has 0 aromatic heterocycles. The SMILES string of the molecule is CSCCC(N)C(=O)NC(CC(=O)O)C(=O)NCC(=O)NC(CCC(N)=O)C(=O)O. The number of aliphatic carboxylic acids is 2. The number of carbonyl (C=O) groups is 6. The number of amides is 4. The lowest BCUT2D eigenvalue weighted by molar-refractivity contribution is -0.142. The van der Waals surface area contributed by atoms with Crippen LogP contribution in [0.25, 0.3) is 0 Å². The first-order valence-electron chi connectivity index (χ1n) is 8.82. The molecule has 0 rings (SSSR count). The Bertz CT molecular complexity index is 660. The molecule has 0 aromatic rings. The molecule has 0 spiro atoms. The molecule has 3 unspecified atom stereocenters. The quantitative estimate of drug-likeness (QED) is 0.134. The Morgan fingerprint density at radius 3 is 2.10 bits per heavy atom. The van der Waals surface area contributed by atoms with E-state index in [0.717, 1.165) is 0 Å². The molecule has 0 saturated heterocycles. The third-order valence-electron chi connectivity index (χ3n) is 3.72. The van der Waals surface area contributed by atoms with Crippen LogP contribution in [0, 0.1) is 0 Å². The summed E-state index contributed by atoms with van der Waals surface area (Å²) in [5, 5.41) is 24.4. The summed E-state index contributed by atoms with van der Waals surface area (Å²) in [6.45, 7) is -0.677. The molecule has 0 aliphatic heterocycles. The monoisotopic (exact) mass is 449 g/mol. The van der Waals surface area contributed by atoms with Crippen LogP contribution in [0.3, 0.4) is 0 Å². The fourth-order valence-electron chi connectivity index (χ4n) is 2.12. The first-order chi connectivity index (χ1) is 14.0. The number of primary amides is 1. The zero-order valence-corrected chi connectivity index (χ0v) is 17.2. The van der Waals surface area contributed by atoms with Gasteiger partial charge in [-0.05, 0) is 24.9 Å². The van der Waals surface area contributed by atoms with E-state index in [0.29, 0.717) is 12.2 Å². The Hall–Kier alpha value is -2.87. The van der Waals surface area contributed by atoms with Crippen LogP contribution in [0.1, 0.15) is 25.7 Å². The van der Waals surface area contributed by atoms with Crippen molar-refractivity contribution in [2.24, 2.45) is 11.5 Å². The first kappa shape index (κ1) is 27.1. The zero-order chi connectivity index (χ0) is 23.3. The predicted molar refractivity (Wildman–Crippen MR) is 106 cm³/mol. The van der Waals surface area contributed by atoms with Crippen molar-refractivity contribution >= 4 is 47.3 Å². The maximum atomic E-state index is 12.2. The molecule has 3 atom stereocenters. The van der Waals surface area contributed by atoms with Crippen molar-refractivity contribution in [3.63, 3.8) is 0 Å². The molecule has 0 fully saturated rings. The highest BCUT2D eigenvalue weighted by molar-refractivity contribution is 7.98. The normalized spacial score (nSPS) is 13.4. The fourth-order valence-corrected chi connectivity index (χ4v) is 2.61. The highest BCUT2D eigenvalue weighted by atomic mass is 32.2. The smallest absolute Gasteiger partial charge is 0.326 e. The van der Waals surface area contributed by atoms with Crippen LogP contribution in [0.4, 0.5) is 0 Å². The number of hydrogen-bond acceptors (Lipinski definition) is 8. The van der Waals surface area contributed by atoms with Gasteiger partial charge in [0, 0.05) is 6.42 Å². The first-order valence-corrected chi connectivity index (χ1v) is 10.2. The summed E-state index contributed by atoms with van der Waals surface area (Å²) in [6, 6.07) is -3.81. The average Bonchev–Trinajstić information content (AvgIpc) is 2.65. The van der Waals surface area contributed by atoms with Crippen molar-refractivity contribution in [1.29, 1.82) is 0 Å². The van der Waals surface area contributed by atoms with Gasteiger partial charge in [-0.1, -0.05) is 0 Å². The molecule has 0 heterocycles. The highest BCUT2D eigenvalue weighted by Crippen LogP contribution is 2.01. The van der Waals surface area contributed by atoms with Crippen molar-refractivity contribution in [2.75, 3.05) is 18.6 Å². The molecule has 170 valence electrons. The topological polar surface area (TPSA) is 231 Å². The van der Waals surface area contributed by atoms with Crippen LogP contribution in [0.5, 0.6) is 0 Å². The zero-order valence-electron chi connectivity index (χ0n) is 16.4. The Labute approximate surface area is 176 Å². The molecule has 0 aliphatic carbocycles. The van der Waals surface area contributed by atoms with Crippen LogP contribution in [-0.4, -0.2) is 82.5 Å². The number of nitrogens with two attached hydrogens (primary N) is 2. The molecular formula is C16H27N5O8S. The van der Waals surface area contributed by atoms with Crippen molar-refractivity contribution in [3.8, 4) is 0 Å². The highest BCUT2D eigenvalue weighted by Gasteiger charge is 2.27. The number of thioether (sulfide) groups is 1. The summed E-state index contributed by atoms with van der Waals surface area (Å²) in [4.78, 5) is 68.9. The van der Waals surface area contributed by atoms with Crippen LogP contribution in [-0.2, 0) is 28.8 Å². The second-order valence-electron chi connectivity index (χ2n) is 6.23. The molecule has 0 radical (unpaired) electrons. The van der Waals surface area contributed by atoms with Crippen molar-refractivity contribution in [2.45, 2.75) is 43.8 Å². The maximum absolute atomic E-state index is 12.2. The van der Waals surface area contributed by atoms with E-state index in [4.69, 9.17) is 21.7 Å². The molecular weight excluding hydrogens is 422 g/mol. The van der Waals surface area contributed by atoms with Gasteiger partial charge in [0.15, 0.2) is 0 Å². The van der Waals surface area contributed by atoms with E-state index >= 15 is 0 Å². The van der Waals surface area contributed by atoms with Crippen molar-refractivity contribution in [1.82, 2.24) is 16.0 Å². The molecule has 0 bridgehead atoms. The Balaban J connectivity index is 4.81. The molecule has 13 nitrogen and oxygen atoms in total. The summed E-state index contributed by atoms with van der Waals surface area (Å²) in [7, 11) is 0. The van der Waals surface area contributed by atoms with Gasteiger partial charge < -0.3 is 37.6 Å². The Morgan fingerprint density at radius 2 is 1.60 bits per heavy atom. The van der Waals surface area contributed by atoms with E-state index in [-0.39, 0.29) is 12.8 Å². The minimum absolute atomic E-state index is 0.240. The van der Waals surface area contributed by atoms with Crippen molar-refractivity contribution in [3.05, 3.63) is 0 Å². The predicted octanol–water partition coefficient (Wildman–Crippen LogP) is -3.02. The number of carboxylic acid groups (broad SMARTS) is 2. The fraction of sp³-hybridized carbons (Fsp3) is 0.625. The van der Waals surface area contributed by atoms with E-state index in [1.807, 2.05) is 6.26 Å². The molecule has 0 saturated carbocycles. The van der Waals surface area contributed by atoms with Gasteiger partial charge in [-0.2, -0.15) is 11.8 Å². The van der Waals surface area contributed by atoms with Gasteiger partial charge in [0.05, 0.1) is 19.0 Å². The molecule has 14 heteroatoms. The Kier molecular flexibility index (Phi) is 12.8. The van der Waals surface area contributed by atoms with Gasteiger partial charge in [-0.25, -0.2) is 4.79 Å². The lowest BCUT2D eigenvalue weighted by atomic mass is 10.1. The van der Waals surface area contributed by atoms with Gasteiger partial charge in [0.1, 0.15) is 12.1 Å². The number of hydrogen-bond donors (Lipinski definition) is 7. The standard InChI is InChI=1S/C16H27N5O8S/c1-30-5-4-8(17)14(26)21-10(6-13(24)25)15(27)19-7-12(23)20-9(16(28)29)2-3-11(18)22/h8-10H,2-7,17H2,1H3,(H2,18,22)(H,19,27)(H,20,23)(H,21,26)(H,24,25)(H,28,29). The largest absolute Gasteiger partial charge is 0.481 e. The number of nitrogens with one attached hydrogen (secondary N) is 3. The molecule has 0 aliphatic rings. The lowest BCUT2D eigenvalue weighted by Gasteiger charge is -2.19. The maximum Gasteiger partial charge on any atom is 0.326 e. The van der Waals surface area contributed by atoms with Crippen LogP contribution >= 0.6 is 11.8 Å². The Morgan fingerprint density at radius 1 is 0.967 bits per heavy atom. The van der Waals surface area contributed by atoms with Gasteiger partial charge in [0.2, 0.25) is 23.6 Å². The molecule has 4 amide bonds. The van der Waals surface area contributed by atoms with Gasteiger partial charge in [0.25, 0.3) is 0 Å². The van der Waals surface area contributed by atoms with E-state index in [9.17, 15) is 28.8 Å². The van der Waals surface area contributed by atoms with Crippen molar-refractivity contribution < 1.29 is 39.0 Å². The number of carbonyl (C=O) groups excluding carboxylic acids is 4.